The minimum Gasteiger partial charge on any atom is -0.493 e. The molecule has 0 aliphatic rings. The summed E-state index contributed by atoms with van der Waals surface area (Å²) < 4.78 is 16.0. The molecule has 0 saturated heterocycles. The van der Waals surface area contributed by atoms with Crippen molar-refractivity contribution in [3.05, 3.63) is 22.7 Å². The maximum atomic E-state index is 11.8. The monoisotopic (exact) mass is 301 g/mol. The van der Waals surface area contributed by atoms with Gasteiger partial charge in [-0.3, -0.25) is 0 Å². The SMILES string of the molecule is CCOC(=O)C(CC)Oc1c(CN)cc(Cl)cc1OC. The van der Waals surface area contributed by atoms with Crippen molar-refractivity contribution in [1.29, 1.82) is 0 Å². The predicted octanol–water partition coefficient (Wildman–Crippen LogP) is 2.53. The number of halogens is 1. The van der Waals surface area contributed by atoms with Crippen molar-refractivity contribution in [3.8, 4) is 11.5 Å². The summed E-state index contributed by atoms with van der Waals surface area (Å²) >= 11 is 5.98. The van der Waals surface area contributed by atoms with E-state index in [1.807, 2.05) is 6.92 Å². The van der Waals surface area contributed by atoms with Crippen LogP contribution in [0.25, 0.3) is 0 Å². The minimum absolute atomic E-state index is 0.228. The first-order chi connectivity index (χ1) is 9.57. The van der Waals surface area contributed by atoms with E-state index in [9.17, 15) is 4.79 Å². The summed E-state index contributed by atoms with van der Waals surface area (Å²) in [7, 11) is 1.50. The first kappa shape index (κ1) is 16.6. The molecule has 6 heteroatoms. The zero-order valence-corrected chi connectivity index (χ0v) is 12.7. The van der Waals surface area contributed by atoms with Gasteiger partial charge >= 0.3 is 5.97 Å². The van der Waals surface area contributed by atoms with Crippen LogP contribution in [-0.2, 0) is 16.1 Å². The molecule has 5 nitrogen and oxygen atoms in total. The molecule has 0 bridgehead atoms. The van der Waals surface area contributed by atoms with Crippen LogP contribution in [0.3, 0.4) is 0 Å². The van der Waals surface area contributed by atoms with Crippen molar-refractivity contribution in [2.75, 3.05) is 13.7 Å². The average Bonchev–Trinajstić information content (AvgIpc) is 2.45. The number of hydrogen-bond donors (Lipinski definition) is 1. The van der Waals surface area contributed by atoms with Gasteiger partial charge in [0.25, 0.3) is 0 Å². The number of ether oxygens (including phenoxy) is 3. The van der Waals surface area contributed by atoms with Crippen molar-refractivity contribution >= 4 is 17.6 Å². The Bertz CT molecular complexity index is 439. The zero-order chi connectivity index (χ0) is 15.1. The summed E-state index contributed by atoms with van der Waals surface area (Å²) in [4.78, 5) is 11.8. The average molecular weight is 302 g/mol. The van der Waals surface area contributed by atoms with Crippen molar-refractivity contribution in [3.63, 3.8) is 0 Å². The molecular weight excluding hydrogens is 282 g/mol. The van der Waals surface area contributed by atoms with Crippen molar-refractivity contribution in [2.24, 2.45) is 5.73 Å². The summed E-state index contributed by atoms with van der Waals surface area (Å²) in [5.41, 5.74) is 6.36. The van der Waals surface area contributed by atoms with Gasteiger partial charge in [-0.1, -0.05) is 18.5 Å². The number of esters is 1. The van der Waals surface area contributed by atoms with Gasteiger partial charge in [-0.2, -0.15) is 0 Å². The summed E-state index contributed by atoms with van der Waals surface area (Å²) in [5.74, 6) is 0.468. The summed E-state index contributed by atoms with van der Waals surface area (Å²) in [5, 5.41) is 0.499. The van der Waals surface area contributed by atoms with Gasteiger partial charge in [-0.15, -0.1) is 0 Å². The van der Waals surface area contributed by atoms with Crippen LogP contribution in [0.15, 0.2) is 12.1 Å². The molecule has 0 aliphatic carbocycles. The van der Waals surface area contributed by atoms with Crippen LogP contribution >= 0.6 is 11.6 Å². The summed E-state index contributed by atoms with van der Waals surface area (Å²) in [6.45, 7) is 4.12. The quantitative estimate of drug-likeness (QED) is 0.784. The Morgan fingerprint density at radius 3 is 2.60 bits per heavy atom. The van der Waals surface area contributed by atoms with Crippen molar-refractivity contribution in [2.45, 2.75) is 32.9 Å². The lowest BCUT2D eigenvalue weighted by molar-refractivity contribution is -0.151. The van der Waals surface area contributed by atoms with E-state index in [2.05, 4.69) is 0 Å². The van der Waals surface area contributed by atoms with Crippen LogP contribution in [0.5, 0.6) is 11.5 Å². The number of nitrogens with two attached hydrogens (primary N) is 1. The molecule has 0 spiro atoms. The highest BCUT2D eigenvalue weighted by molar-refractivity contribution is 6.30. The van der Waals surface area contributed by atoms with E-state index in [1.165, 1.54) is 7.11 Å². The molecule has 1 aromatic rings. The number of hydrogen-bond acceptors (Lipinski definition) is 5. The maximum Gasteiger partial charge on any atom is 0.347 e. The van der Waals surface area contributed by atoms with E-state index >= 15 is 0 Å². The molecule has 1 aromatic carbocycles. The smallest absolute Gasteiger partial charge is 0.347 e. The Morgan fingerprint density at radius 2 is 2.10 bits per heavy atom. The molecule has 0 heterocycles. The minimum atomic E-state index is -0.699. The van der Waals surface area contributed by atoms with Gasteiger partial charge in [-0.25, -0.2) is 4.79 Å². The largest absolute Gasteiger partial charge is 0.493 e. The third-order valence-electron chi connectivity index (χ3n) is 2.72. The van der Waals surface area contributed by atoms with Crippen LogP contribution in [0, 0.1) is 0 Å². The van der Waals surface area contributed by atoms with Gasteiger partial charge in [-0.05, 0) is 19.4 Å². The second-order valence-electron chi connectivity index (χ2n) is 4.07. The van der Waals surface area contributed by atoms with Gasteiger partial charge in [0.2, 0.25) is 0 Å². The van der Waals surface area contributed by atoms with Crippen LogP contribution in [-0.4, -0.2) is 25.8 Å². The van der Waals surface area contributed by atoms with Gasteiger partial charge in [0.1, 0.15) is 0 Å². The highest BCUT2D eigenvalue weighted by Gasteiger charge is 2.23. The molecule has 0 amide bonds. The number of carbonyl (C=O) groups is 1. The predicted molar refractivity (Wildman–Crippen MR) is 77.2 cm³/mol. The molecule has 0 radical (unpaired) electrons. The van der Waals surface area contributed by atoms with E-state index in [0.717, 1.165) is 0 Å². The van der Waals surface area contributed by atoms with Crippen LogP contribution < -0.4 is 15.2 Å². The maximum absolute atomic E-state index is 11.8. The van der Waals surface area contributed by atoms with Crippen LogP contribution in [0.4, 0.5) is 0 Å². The molecular formula is C14H20ClNO4. The Labute approximate surface area is 123 Å². The topological polar surface area (TPSA) is 70.8 Å². The molecule has 0 aromatic heterocycles. The molecule has 1 atom stereocenters. The van der Waals surface area contributed by atoms with E-state index in [-0.39, 0.29) is 6.54 Å². The van der Waals surface area contributed by atoms with Crippen LogP contribution in [0.2, 0.25) is 5.02 Å². The fourth-order valence-electron chi connectivity index (χ4n) is 1.74. The molecule has 1 unspecified atom stereocenters. The Balaban J connectivity index is 3.08. The van der Waals surface area contributed by atoms with E-state index < -0.39 is 12.1 Å². The third kappa shape index (κ3) is 4.02. The highest BCUT2D eigenvalue weighted by Crippen LogP contribution is 2.35. The second kappa shape index (κ2) is 7.97. The summed E-state index contributed by atoms with van der Waals surface area (Å²) in [6, 6.07) is 3.31. The van der Waals surface area contributed by atoms with Gasteiger partial charge in [0.05, 0.1) is 13.7 Å². The third-order valence-corrected chi connectivity index (χ3v) is 2.93. The summed E-state index contributed by atoms with van der Waals surface area (Å²) in [6.07, 6.45) is -0.218. The number of benzene rings is 1. The van der Waals surface area contributed by atoms with Gasteiger partial charge in [0.15, 0.2) is 17.6 Å². The Kier molecular flexibility index (Phi) is 6.61. The Hall–Kier alpha value is -1.46. The van der Waals surface area contributed by atoms with E-state index in [0.29, 0.717) is 35.1 Å². The first-order valence-corrected chi connectivity index (χ1v) is 6.84. The molecule has 1 rings (SSSR count). The zero-order valence-electron chi connectivity index (χ0n) is 11.9. The van der Waals surface area contributed by atoms with Crippen LogP contribution in [0.1, 0.15) is 25.8 Å². The second-order valence-corrected chi connectivity index (χ2v) is 4.50. The van der Waals surface area contributed by atoms with Crippen molar-refractivity contribution < 1.29 is 19.0 Å². The number of carbonyl (C=O) groups excluding carboxylic acids is 1. The molecule has 0 fully saturated rings. The lowest BCUT2D eigenvalue weighted by Gasteiger charge is -2.20. The lowest BCUT2D eigenvalue weighted by atomic mass is 10.1. The van der Waals surface area contributed by atoms with Gasteiger partial charge < -0.3 is 19.9 Å². The standard InChI is InChI=1S/C14H20ClNO4/c1-4-11(14(17)19-5-2)20-13-9(8-16)6-10(15)7-12(13)18-3/h6-7,11H,4-5,8,16H2,1-3H3. The molecule has 0 aliphatic heterocycles. The Morgan fingerprint density at radius 1 is 1.40 bits per heavy atom. The number of rotatable bonds is 7. The first-order valence-electron chi connectivity index (χ1n) is 6.47. The van der Waals surface area contributed by atoms with E-state index in [1.54, 1.807) is 19.1 Å². The fraction of sp³-hybridized carbons (Fsp3) is 0.500. The van der Waals surface area contributed by atoms with E-state index in [4.69, 9.17) is 31.5 Å². The van der Waals surface area contributed by atoms with Crippen molar-refractivity contribution in [1.82, 2.24) is 0 Å². The lowest BCUT2D eigenvalue weighted by Crippen LogP contribution is -2.29. The molecule has 112 valence electrons. The molecule has 20 heavy (non-hydrogen) atoms. The number of methoxy groups -OCH3 is 1. The van der Waals surface area contributed by atoms with Gasteiger partial charge in [0, 0.05) is 23.2 Å². The normalized spacial score (nSPS) is 11.8. The molecule has 2 N–H and O–H groups in total. The fourth-order valence-corrected chi connectivity index (χ4v) is 1.97. The molecule has 0 saturated carbocycles. The highest BCUT2D eigenvalue weighted by atomic mass is 35.5.